The normalized spacial score (nSPS) is 14.5. The SMILES string of the molecule is CN=C(NCc1cc2ccccc2o1)N(C)CCOCC1CC1.I. The molecule has 0 aliphatic heterocycles. The Bertz CT molecular complexity index is 634. The van der Waals surface area contributed by atoms with Crippen molar-refractivity contribution >= 4 is 40.9 Å². The van der Waals surface area contributed by atoms with E-state index < -0.39 is 0 Å². The minimum Gasteiger partial charge on any atom is -0.459 e. The summed E-state index contributed by atoms with van der Waals surface area (Å²) in [4.78, 5) is 6.40. The first kappa shape index (κ1) is 19.1. The summed E-state index contributed by atoms with van der Waals surface area (Å²) in [6.07, 6.45) is 2.66. The number of hydrogen-bond donors (Lipinski definition) is 1. The molecule has 0 atom stereocenters. The molecule has 1 saturated carbocycles. The van der Waals surface area contributed by atoms with Crippen LogP contribution in [-0.4, -0.2) is 44.7 Å². The second-order valence-corrected chi connectivity index (χ2v) is 6.09. The van der Waals surface area contributed by atoms with E-state index in [0.717, 1.165) is 48.4 Å². The smallest absolute Gasteiger partial charge is 0.193 e. The van der Waals surface area contributed by atoms with Gasteiger partial charge in [0.1, 0.15) is 11.3 Å². The monoisotopic (exact) mass is 443 g/mol. The van der Waals surface area contributed by atoms with Crippen LogP contribution in [0.4, 0.5) is 0 Å². The Labute approximate surface area is 160 Å². The van der Waals surface area contributed by atoms with Crippen molar-refractivity contribution in [2.45, 2.75) is 19.4 Å². The van der Waals surface area contributed by atoms with E-state index in [0.29, 0.717) is 6.54 Å². The average molecular weight is 443 g/mol. The van der Waals surface area contributed by atoms with Gasteiger partial charge in [0.15, 0.2) is 5.96 Å². The highest BCUT2D eigenvalue weighted by molar-refractivity contribution is 14.0. The minimum atomic E-state index is 0. The van der Waals surface area contributed by atoms with Crippen LogP contribution in [0.1, 0.15) is 18.6 Å². The van der Waals surface area contributed by atoms with E-state index in [2.05, 4.69) is 27.3 Å². The molecule has 0 unspecified atom stereocenters. The molecule has 0 radical (unpaired) electrons. The molecule has 1 aromatic heterocycles. The number of aliphatic imine (C=N–C) groups is 1. The van der Waals surface area contributed by atoms with Crippen LogP contribution < -0.4 is 5.32 Å². The van der Waals surface area contributed by atoms with Gasteiger partial charge in [0.25, 0.3) is 0 Å². The molecular formula is C18H26IN3O2. The lowest BCUT2D eigenvalue weighted by Gasteiger charge is -2.21. The van der Waals surface area contributed by atoms with Crippen LogP contribution >= 0.6 is 24.0 Å². The second-order valence-electron chi connectivity index (χ2n) is 6.09. The van der Waals surface area contributed by atoms with E-state index in [1.165, 1.54) is 12.8 Å². The molecule has 1 N–H and O–H groups in total. The Kier molecular flexibility index (Phi) is 7.36. The number of ether oxygens (including phenoxy) is 1. The van der Waals surface area contributed by atoms with Gasteiger partial charge in [-0.1, -0.05) is 18.2 Å². The van der Waals surface area contributed by atoms with Gasteiger partial charge in [-0.25, -0.2) is 0 Å². The van der Waals surface area contributed by atoms with Crippen LogP contribution in [-0.2, 0) is 11.3 Å². The Morgan fingerprint density at radius 3 is 2.88 bits per heavy atom. The summed E-state index contributed by atoms with van der Waals surface area (Å²) < 4.78 is 11.5. The lowest BCUT2D eigenvalue weighted by molar-refractivity contribution is 0.115. The zero-order valence-corrected chi connectivity index (χ0v) is 16.7. The van der Waals surface area contributed by atoms with Crippen molar-refractivity contribution < 1.29 is 9.15 Å². The van der Waals surface area contributed by atoms with Crippen LogP contribution in [0.5, 0.6) is 0 Å². The fourth-order valence-electron chi connectivity index (χ4n) is 2.52. The quantitative estimate of drug-likeness (QED) is 0.308. The maximum atomic E-state index is 5.81. The molecule has 2 aromatic rings. The molecule has 0 spiro atoms. The third-order valence-corrected chi connectivity index (χ3v) is 4.09. The average Bonchev–Trinajstić information content (AvgIpc) is 3.29. The Morgan fingerprint density at radius 1 is 1.38 bits per heavy atom. The molecule has 6 heteroatoms. The van der Waals surface area contributed by atoms with Gasteiger partial charge in [-0.2, -0.15) is 0 Å². The number of likely N-dealkylation sites (N-methyl/N-ethyl adjacent to an activating group) is 1. The van der Waals surface area contributed by atoms with Gasteiger partial charge < -0.3 is 19.4 Å². The highest BCUT2D eigenvalue weighted by Crippen LogP contribution is 2.28. The topological polar surface area (TPSA) is 50.0 Å². The molecule has 1 aliphatic rings. The molecular weight excluding hydrogens is 417 g/mol. The van der Waals surface area contributed by atoms with Crippen LogP contribution in [0, 0.1) is 5.92 Å². The van der Waals surface area contributed by atoms with Crippen molar-refractivity contribution in [1.29, 1.82) is 0 Å². The number of para-hydroxylation sites is 1. The van der Waals surface area contributed by atoms with Gasteiger partial charge in [-0.15, -0.1) is 24.0 Å². The van der Waals surface area contributed by atoms with Gasteiger partial charge in [0, 0.05) is 32.6 Å². The van der Waals surface area contributed by atoms with E-state index in [4.69, 9.17) is 9.15 Å². The Balaban J connectivity index is 0.00000208. The van der Waals surface area contributed by atoms with Crippen molar-refractivity contribution in [3.63, 3.8) is 0 Å². The molecule has 0 saturated heterocycles. The summed E-state index contributed by atoms with van der Waals surface area (Å²) in [6.45, 7) is 3.08. The van der Waals surface area contributed by atoms with Crippen molar-refractivity contribution in [2.75, 3.05) is 33.9 Å². The standard InChI is InChI=1S/C18H25N3O2.HI/c1-19-18(21(2)9-10-22-13-14-7-8-14)20-12-16-11-15-5-3-4-6-17(15)23-16;/h3-6,11,14H,7-10,12-13H2,1-2H3,(H,19,20);1H. The highest BCUT2D eigenvalue weighted by atomic mass is 127. The molecule has 24 heavy (non-hydrogen) atoms. The lowest BCUT2D eigenvalue weighted by Crippen LogP contribution is -2.40. The molecule has 0 bridgehead atoms. The lowest BCUT2D eigenvalue weighted by atomic mass is 10.2. The molecule has 5 nitrogen and oxygen atoms in total. The van der Waals surface area contributed by atoms with Gasteiger partial charge in [-0.3, -0.25) is 4.99 Å². The number of nitrogens with one attached hydrogen (secondary N) is 1. The highest BCUT2D eigenvalue weighted by Gasteiger charge is 2.21. The van der Waals surface area contributed by atoms with Crippen LogP contribution in [0.15, 0.2) is 39.7 Å². The van der Waals surface area contributed by atoms with E-state index >= 15 is 0 Å². The molecule has 1 aliphatic carbocycles. The van der Waals surface area contributed by atoms with E-state index in [-0.39, 0.29) is 24.0 Å². The fourth-order valence-corrected chi connectivity index (χ4v) is 2.52. The summed E-state index contributed by atoms with van der Waals surface area (Å²) in [5, 5.41) is 4.46. The summed E-state index contributed by atoms with van der Waals surface area (Å²) in [6, 6.07) is 10.1. The minimum absolute atomic E-state index is 0. The predicted octanol–water partition coefficient (Wildman–Crippen LogP) is 3.48. The van der Waals surface area contributed by atoms with E-state index in [9.17, 15) is 0 Å². The molecule has 1 heterocycles. The third kappa shape index (κ3) is 5.37. The first-order valence-corrected chi connectivity index (χ1v) is 8.23. The first-order valence-electron chi connectivity index (χ1n) is 8.23. The number of nitrogens with zero attached hydrogens (tertiary/aromatic N) is 2. The molecule has 3 rings (SSSR count). The number of halogens is 1. The number of guanidine groups is 1. The van der Waals surface area contributed by atoms with Gasteiger partial charge >= 0.3 is 0 Å². The van der Waals surface area contributed by atoms with Crippen LogP contribution in [0.25, 0.3) is 11.0 Å². The maximum Gasteiger partial charge on any atom is 0.193 e. The number of rotatable bonds is 7. The van der Waals surface area contributed by atoms with Gasteiger partial charge in [0.05, 0.1) is 13.2 Å². The fraction of sp³-hybridized carbons (Fsp3) is 0.500. The molecule has 132 valence electrons. The van der Waals surface area contributed by atoms with Gasteiger partial charge in [0.2, 0.25) is 0 Å². The zero-order chi connectivity index (χ0) is 16.1. The number of furan rings is 1. The van der Waals surface area contributed by atoms with Gasteiger partial charge in [-0.05, 0) is 30.9 Å². The van der Waals surface area contributed by atoms with E-state index in [1.807, 2.05) is 25.2 Å². The second kappa shape index (κ2) is 9.27. The van der Waals surface area contributed by atoms with Crippen molar-refractivity contribution in [1.82, 2.24) is 10.2 Å². The third-order valence-electron chi connectivity index (χ3n) is 4.09. The summed E-state index contributed by atoms with van der Waals surface area (Å²) in [5.41, 5.74) is 0.918. The van der Waals surface area contributed by atoms with Crippen molar-refractivity contribution in [2.24, 2.45) is 10.9 Å². The van der Waals surface area contributed by atoms with E-state index in [1.54, 1.807) is 7.05 Å². The molecule has 1 aromatic carbocycles. The Hall–Kier alpha value is -1.28. The van der Waals surface area contributed by atoms with Crippen molar-refractivity contribution in [3.05, 3.63) is 36.1 Å². The largest absolute Gasteiger partial charge is 0.459 e. The number of hydrogen-bond acceptors (Lipinski definition) is 3. The summed E-state index contributed by atoms with van der Waals surface area (Å²) in [5.74, 6) is 2.57. The predicted molar refractivity (Wildman–Crippen MR) is 108 cm³/mol. The molecule has 0 amide bonds. The summed E-state index contributed by atoms with van der Waals surface area (Å²) in [7, 11) is 3.82. The number of fused-ring (bicyclic) bond motifs is 1. The van der Waals surface area contributed by atoms with Crippen LogP contribution in [0.3, 0.4) is 0 Å². The summed E-state index contributed by atoms with van der Waals surface area (Å²) >= 11 is 0. The maximum absolute atomic E-state index is 5.81. The van der Waals surface area contributed by atoms with Crippen LogP contribution in [0.2, 0.25) is 0 Å². The molecule has 1 fully saturated rings. The first-order chi connectivity index (χ1) is 11.3. The Morgan fingerprint density at radius 2 is 2.17 bits per heavy atom. The zero-order valence-electron chi connectivity index (χ0n) is 14.3. The number of benzene rings is 1. The van der Waals surface area contributed by atoms with Crippen molar-refractivity contribution in [3.8, 4) is 0 Å².